The van der Waals surface area contributed by atoms with Gasteiger partial charge in [0.15, 0.2) is 0 Å². The van der Waals surface area contributed by atoms with Gasteiger partial charge in [-0.3, -0.25) is 0 Å². The monoisotopic (exact) mass is 262 g/mol. The first-order valence-corrected chi connectivity index (χ1v) is 6.79. The average Bonchev–Trinajstić information content (AvgIpc) is 2.39. The van der Waals surface area contributed by atoms with Gasteiger partial charge in [0.05, 0.1) is 5.56 Å². The van der Waals surface area contributed by atoms with E-state index in [0.29, 0.717) is 5.56 Å². The fourth-order valence-corrected chi connectivity index (χ4v) is 2.73. The van der Waals surface area contributed by atoms with E-state index in [1.807, 2.05) is 12.1 Å². The maximum Gasteiger partial charge on any atom is 0.335 e. The molecule has 0 amide bonds. The number of hydrogen-bond acceptors (Lipinski definition) is 3. The summed E-state index contributed by atoms with van der Waals surface area (Å²) in [6, 6.07) is 7.24. The van der Waals surface area contributed by atoms with E-state index in [0.717, 1.165) is 31.2 Å². The maximum atomic E-state index is 11.0. The van der Waals surface area contributed by atoms with Crippen LogP contribution >= 0.6 is 0 Å². The molecule has 0 aliphatic carbocycles. The first-order chi connectivity index (χ1) is 9.06. The molecule has 1 N–H and O–H groups in total. The normalized spacial score (nSPS) is 16.9. The van der Waals surface area contributed by atoms with Crippen LogP contribution < -0.4 is 4.90 Å². The van der Waals surface area contributed by atoms with Crippen molar-refractivity contribution in [2.45, 2.75) is 12.8 Å². The van der Waals surface area contributed by atoms with E-state index >= 15 is 0 Å². The smallest absolute Gasteiger partial charge is 0.335 e. The minimum absolute atomic E-state index is 0.368. The van der Waals surface area contributed by atoms with Crippen molar-refractivity contribution in [1.82, 2.24) is 4.90 Å². The summed E-state index contributed by atoms with van der Waals surface area (Å²) < 4.78 is 0. The van der Waals surface area contributed by atoms with E-state index in [1.54, 1.807) is 12.1 Å². The molecule has 1 fully saturated rings. The molecule has 4 nitrogen and oxygen atoms in total. The Bertz CT molecular complexity index is 438. The first kappa shape index (κ1) is 13.9. The number of carbonyl (C=O) groups is 1. The second kappa shape index (κ2) is 6.06. The van der Waals surface area contributed by atoms with Gasteiger partial charge in [0.1, 0.15) is 0 Å². The van der Waals surface area contributed by atoms with Crippen LogP contribution in [0.15, 0.2) is 24.3 Å². The Morgan fingerprint density at radius 3 is 2.63 bits per heavy atom. The number of carboxylic acid groups (broad SMARTS) is 1. The topological polar surface area (TPSA) is 43.8 Å². The Balaban J connectivity index is 1.97. The molecule has 1 heterocycles. The summed E-state index contributed by atoms with van der Waals surface area (Å²) in [5, 5.41) is 9.02. The lowest BCUT2D eigenvalue weighted by atomic mass is 9.96. The van der Waals surface area contributed by atoms with E-state index in [2.05, 4.69) is 23.9 Å². The zero-order valence-electron chi connectivity index (χ0n) is 11.7. The van der Waals surface area contributed by atoms with Gasteiger partial charge < -0.3 is 14.9 Å². The Kier molecular flexibility index (Phi) is 4.43. The third-order valence-corrected chi connectivity index (χ3v) is 3.70. The van der Waals surface area contributed by atoms with Crippen molar-refractivity contribution in [3.8, 4) is 0 Å². The molecule has 0 atom stereocenters. The number of nitrogens with zero attached hydrogens (tertiary/aromatic N) is 2. The summed E-state index contributed by atoms with van der Waals surface area (Å²) in [7, 11) is 4.23. The second-order valence-corrected chi connectivity index (χ2v) is 5.55. The van der Waals surface area contributed by atoms with E-state index < -0.39 is 5.97 Å². The summed E-state index contributed by atoms with van der Waals surface area (Å²) in [6.45, 7) is 3.17. The van der Waals surface area contributed by atoms with Gasteiger partial charge in [0.2, 0.25) is 0 Å². The summed E-state index contributed by atoms with van der Waals surface area (Å²) >= 11 is 0. The van der Waals surface area contributed by atoms with Gasteiger partial charge in [-0.05, 0) is 51.1 Å². The molecular weight excluding hydrogens is 240 g/mol. The summed E-state index contributed by atoms with van der Waals surface area (Å²) in [4.78, 5) is 15.5. The van der Waals surface area contributed by atoms with Crippen LogP contribution in [0.1, 0.15) is 23.2 Å². The van der Waals surface area contributed by atoms with Crippen LogP contribution in [0.3, 0.4) is 0 Å². The lowest BCUT2D eigenvalue weighted by Gasteiger charge is -2.34. The van der Waals surface area contributed by atoms with E-state index in [1.165, 1.54) is 12.8 Å². The zero-order valence-corrected chi connectivity index (χ0v) is 11.7. The van der Waals surface area contributed by atoms with Crippen LogP contribution in [0.2, 0.25) is 0 Å². The van der Waals surface area contributed by atoms with Crippen LogP contribution in [0.4, 0.5) is 5.69 Å². The molecule has 104 valence electrons. The number of benzene rings is 1. The lowest BCUT2D eigenvalue weighted by Crippen LogP contribution is -2.37. The van der Waals surface area contributed by atoms with Gasteiger partial charge >= 0.3 is 5.97 Å². The number of hydrogen-bond donors (Lipinski definition) is 1. The lowest BCUT2D eigenvalue weighted by molar-refractivity contribution is 0.0697. The third kappa shape index (κ3) is 3.70. The highest BCUT2D eigenvalue weighted by Crippen LogP contribution is 2.24. The fourth-order valence-electron chi connectivity index (χ4n) is 2.73. The molecule has 0 bridgehead atoms. The largest absolute Gasteiger partial charge is 0.478 e. The molecule has 0 unspecified atom stereocenters. The summed E-state index contributed by atoms with van der Waals surface area (Å²) in [6.07, 6.45) is 2.35. The van der Waals surface area contributed by atoms with Crippen molar-refractivity contribution in [1.29, 1.82) is 0 Å². The highest BCUT2D eigenvalue weighted by molar-refractivity contribution is 5.88. The predicted octanol–water partition coefficient (Wildman–Crippen LogP) is 2.16. The fraction of sp³-hybridized carbons (Fsp3) is 0.533. The molecular formula is C15H22N2O2. The van der Waals surface area contributed by atoms with Gasteiger partial charge in [-0.2, -0.15) is 0 Å². The van der Waals surface area contributed by atoms with Crippen molar-refractivity contribution >= 4 is 11.7 Å². The Morgan fingerprint density at radius 1 is 1.37 bits per heavy atom. The quantitative estimate of drug-likeness (QED) is 0.903. The Hall–Kier alpha value is -1.55. The van der Waals surface area contributed by atoms with Crippen molar-refractivity contribution in [2.75, 3.05) is 38.6 Å². The Morgan fingerprint density at radius 2 is 2.05 bits per heavy atom. The van der Waals surface area contributed by atoms with Crippen LogP contribution in [0.5, 0.6) is 0 Å². The number of carboxylic acids is 1. The molecule has 1 aliphatic rings. The third-order valence-electron chi connectivity index (χ3n) is 3.70. The number of piperidine rings is 1. The molecule has 1 aromatic rings. The van der Waals surface area contributed by atoms with E-state index in [4.69, 9.17) is 5.11 Å². The van der Waals surface area contributed by atoms with Gasteiger partial charge in [0, 0.05) is 25.3 Å². The SMILES string of the molecule is CN(C)CC1CCN(c2cccc(C(=O)O)c2)CC1. The van der Waals surface area contributed by atoms with Crippen molar-refractivity contribution in [3.05, 3.63) is 29.8 Å². The van der Waals surface area contributed by atoms with Crippen molar-refractivity contribution in [3.63, 3.8) is 0 Å². The molecule has 1 aliphatic heterocycles. The van der Waals surface area contributed by atoms with Crippen molar-refractivity contribution < 1.29 is 9.90 Å². The molecule has 1 saturated heterocycles. The van der Waals surface area contributed by atoms with Crippen LogP contribution in [0, 0.1) is 5.92 Å². The molecule has 19 heavy (non-hydrogen) atoms. The van der Waals surface area contributed by atoms with Crippen LogP contribution in [-0.4, -0.2) is 49.7 Å². The van der Waals surface area contributed by atoms with Gasteiger partial charge in [-0.1, -0.05) is 6.07 Å². The highest BCUT2D eigenvalue weighted by Gasteiger charge is 2.20. The second-order valence-electron chi connectivity index (χ2n) is 5.55. The van der Waals surface area contributed by atoms with Crippen LogP contribution in [0.25, 0.3) is 0 Å². The molecule has 1 aromatic carbocycles. The molecule has 0 spiro atoms. The molecule has 4 heteroatoms. The number of aromatic carboxylic acids is 1. The molecule has 0 radical (unpaired) electrons. The number of anilines is 1. The van der Waals surface area contributed by atoms with Gasteiger partial charge in [-0.15, -0.1) is 0 Å². The average molecular weight is 262 g/mol. The van der Waals surface area contributed by atoms with Gasteiger partial charge in [0.25, 0.3) is 0 Å². The van der Waals surface area contributed by atoms with E-state index in [9.17, 15) is 4.79 Å². The minimum atomic E-state index is -0.857. The molecule has 0 aromatic heterocycles. The number of rotatable bonds is 4. The van der Waals surface area contributed by atoms with E-state index in [-0.39, 0.29) is 0 Å². The standard InChI is InChI=1S/C15H22N2O2/c1-16(2)11-12-6-8-17(9-7-12)14-5-3-4-13(10-14)15(18)19/h3-5,10,12H,6-9,11H2,1-2H3,(H,18,19). The Labute approximate surface area is 114 Å². The van der Waals surface area contributed by atoms with Crippen LogP contribution in [-0.2, 0) is 0 Å². The first-order valence-electron chi connectivity index (χ1n) is 6.79. The molecule has 0 saturated carbocycles. The summed E-state index contributed by atoms with van der Waals surface area (Å²) in [5.74, 6) is -0.0988. The van der Waals surface area contributed by atoms with Gasteiger partial charge in [-0.25, -0.2) is 4.79 Å². The maximum absolute atomic E-state index is 11.0. The highest BCUT2D eigenvalue weighted by atomic mass is 16.4. The minimum Gasteiger partial charge on any atom is -0.478 e. The predicted molar refractivity (Wildman–Crippen MR) is 76.9 cm³/mol. The summed E-state index contributed by atoms with van der Waals surface area (Å²) in [5.41, 5.74) is 1.40. The molecule has 2 rings (SSSR count). The van der Waals surface area contributed by atoms with Crippen molar-refractivity contribution in [2.24, 2.45) is 5.92 Å². The zero-order chi connectivity index (χ0) is 13.8.